The Kier molecular flexibility index (Phi) is 5.66. The highest BCUT2D eigenvalue weighted by molar-refractivity contribution is 6.31. The SMILES string of the molecule is O=C(NCc1ccccc1)c1ccc(C(=O)Nc2cccc(Cl)c2)cc1. The minimum Gasteiger partial charge on any atom is -0.348 e. The zero-order chi connectivity index (χ0) is 18.4. The Morgan fingerprint density at radius 1 is 0.769 bits per heavy atom. The molecule has 2 amide bonds. The molecule has 4 nitrogen and oxygen atoms in total. The van der Waals surface area contributed by atoms with E-state index in [1.165, 1.54) is 0 Å². The van der Waals surface area contributed by atoms with Crippen LogP contribution in [0.2, 0.25) is 5.02 Å². The Labute approximate surface area is 156 Å². The van der Waals surface area contributed by atoms with E-state index in [1.807, 2.05) is 30.3 Å². The summed E-state index contributed by atoms with van der Waals surface area (Å²) in [6.45, 7) is 0.455. The molecule has 0 saturated heterocycles. The number of amides is 2. The second kappa shape index (κ2) is 8.32. The summed E-state index contributed by atoms with van der Waals surface area (Å²) >= 11 is 5.91. The van der Waals surface area contributed by atoms with Gasteiger partial charge in [0.05, 0.1) is 0 Å². The Morgan fingerprint density at radius 3 is 2.08 bits per heavy atom. The quantitative estimate of drug-likeness (QED) is 0.699. The Hall–Kier alpha value is -3.11. The van der Waals surface area contributed by atoms with Gasteiger partial charge in [0.15, 0.2) is 0 Å². The molecule has 0 fully saturated rings. The van der Waals surface area contributed by atoms with Gasteiger partial charge in [0.25, 0.3) is 11.8 Å². The van der Waals surface area contributed by atoms with Crippen LogP contribution in [0.5, 0.6) is 0 Å². The molecule has 0 aliphatic carbocycles. The number of hydrogen-bond donors (Lipinski definition) is 2. The number of rotatable bonds is 5. The first-order chi connectivity index (χ1) is 12.6. The lowest BCUT2D eigenvalue weighted by molar-refractivity contribution is 0.0949. The third-order valence-corrected chi connectivity index (χ3v) is 4.02. The van der Waals surface area contributed by atoms with Gasteiger partial charge in [-0.3, -0.25) is 9.59 Å². The molecule has 0 bridgehead atoms. The fourth-order valence-electron chi connectivity index (χ4n) is 2.42. The summed E-state index contributed by atoms with van der Waals surface area (Å²) in [5.41, 5.74) is 2.61. The van der Waals surface area contributed by atoms with Gasteiger partial charge >= 0.3 is 0 Å². The number of carbonyl (C=O) groups is 2. The minimum atomic E-state index is -0.261. The van der Waals surface area contributed by atoms with E-state index in [0.717, 1.165) is 5.56 Å². The molecular formula is C21H17ClN2O2. The van der Waals surface area contributed by atoms with Crippen LogP contribution in [0.15, 0.2) is 78.9 Å². The first-order valence-corrected chi connectivity index (χ1v) is 8.49. The average molecular weight is 365 g/mol. The summed E-state index contributed by atoms with van der Waals surface area (Å²) < 4.78 is 0. The molecule has 130 valence electrons. The van der Waals surface area contributed by atoms with Crippen molar-refractivity contribution >= 4 is 29.1 Å². The zero-order valence-corrected chi connectivity index (χ0v) is 14.7. The van der Waals surface area contributed by atoms with Crippen LogP contribution in [-0.4, -0.2) is 11.8 Å². The molecule has 3 aromatic rings. The van der Waals surface area contributed by atoms with Crippen LogP contribution in [0.3, 0.4) is 0 Å². The van der Waals surface area contributed by atoms with E-state index in [-0.39, 0.29) is 11.8 Å². The average Bonchev–Trinajstić information content (AvgIpc) is 2.67. The van der Waals surface area contributed by atoms with Crippen molar-refractivity contribution in [1.82, 2.24) is 5.32 Å². The van der Waals surface area contributed by atoms with Crippen molar-refractivity contribution in [3.63, 3.8) is 0 Å². The normalized spacial score (nSPS) is 10.2. The summed E-state index contributed by atoms with van der Waals surface area (Å²) in [6, 6.07) is 23.1. The lowest BCUT2D eigenvalue weighted by Gasteiger charge is -2.08. The van der Waals surface area contributed by atoms with Crippen molar-refractivity contribution in [2.45, 2.75) is 6.54 Å². The van der Waals surface area contributed by atoms with Crippen molar-refractivity contribution in [3.8, 4) is 0 Å². The summed E-state index contributed by atoms with van der Waals surface area (Å²) in [5, 5.41) is 6.18. The lowest BCUT2D eigenvalue weighted by atomic mass is 10.1. The highest BCUT2D eigenvalue weighted by atomic mass is 35.5. The summed E-state index contributed by atoms with van der Waals surface area (Å²) in [5.74, 6) is -0.445. The van der Waals surface area contributed by atoms with Gasteiger partial charge in [-0.25, -0.2) is 0 Å². The van der Waals surface area contributed by atoms with E-state index < -0.39 is 0 Å². The fourth-order valence-corrected chi connectivity index (χ4v) is 2.61. The zero-order valence-electron chi connectivity index (χ0n) is 13.9. The maximum atomic E-state index is 12.3. The van der Waals surface area contributed by atoms with Gasteiger partial charge in [-0.1, -0.05) is 48.0 Å². The maximum absolute atomic E-state index is 12.3. The van der Waals surface area contributed by atoms with E-state index >= 15 is 0 Å². The van der Waals surface area contributed by atoms with Crippen molar-refractivity contribution < 1.29 is 9.59 Å². The van der Waals surface area contributed by atoms with E-state index in [0.29, 0.717) is 28.4 Å². The Balaban J connectivity index is 1.60. The second-order valence-corrected chi connectivity index (χ2v) is 6.15. The standard InChI is InChI=1S/C21H17ClN2O2/c22-18-7-4-8-19(13-18)24-21(26)17-11-9-16(10-12-17)20(25)23-14-15-5-2-1-3-6-15/h1-13H,14H2,(H,23,25)(H,24,26). The molecule has 0 saturated carbocycles. The molecule has 3 rings (SSSR count). The van der Waals surface area contributed by atoms with Gasteiger partial charge < -0.3 is 10.6 Å². The summed E-state index contributed by atoms with van der Waals surface area (Å²) in [4.78, 5) is 24.5. The van der Waals surface area contributed by atoms with Crippen LogP contribution in [0.4, 0.5) is 5.69 Å². The number of carbonyl (C=O) groups excluding carboxylic acids is 2. The van der Waals surface area contributed by atoms with Crippen LogP contribution < -0.4 is 10.6 Å². The van der Waals surface area contributed by atoms with Gasteiger partial charge in [0, 0.05) is 28.4 Å². The van der Waals surface area contributed by atoms with Gasteiger partial charge in [-0.15, -0.1) is 0 Å². The van der Waals surface area contributed by atoms with Gasteiger partial charge in [-0.05, 0) is 48.0 Å². The van der Waals surface area contributed by atoms with E-state index in [4.69, 9.17) is 11.6 Å². The van der Waals surface area contributed by atoms with Crippen LogP contribution in [0.25, 0.3) is 0 Å². The molecule has 5 heteroatoms. The van der Waals surface area contributed by atoms with E-state index in [9.17, 15) is 9.59 Å². The molecule has 0 aliphatic rings. The molecule has 0 heterocycles. The summed E-state index contributed by atoms with van der Waals surface area (Å²) in [6.07, 6.45) is 0. The first kappa shape index (κ1) is 17.7. The third-order valence-electron chi connectivity index (χ3n) is 3.79. The first-order valence-electron chi connectivity index (χ1n) is 8.11. The highest BCUT2D eigenvalue weighted by Crippen LogP contribution is 2.16. The molecule has 2 N–H and O–H groups in total. The molecule has 0 radical (unpaired) electrons. The van der Waals surface area contributed by atoms with Crippen LogP contribution in [-0.2, 0) is 6.54 Å². The maximum Gasteiger partial charge on any atom is 0.255 e. The second-order valence-electron chi connectivity index (χ2n) is 5.71. The molecule has 0 spiro atoms. The topological polar surface area (TPSA) is 58.2 Å². The van der Waals surface area contributed by atoms with Gasteiger partial charge in [0.2, 0.25) is 0 Å². The molecule has 0 aromatic heterocycles. The van der Waals surface area contributed by atoms with E-state index in [1.54, 1.807) is 48.5 Å². The Morgan fingerprint density at radius 2 is 1.42 bits per heavy atom. The lowest BCUT2D eigenvalue weighted by Crippen LogP contribution is -2.22. The van der Waals surface area contributed by atoms with Crippen molar-refractivity contribution in [3.05, 3.63) is 101 Å². The van der Waals surface area contributed by atoms with Gasteiger partial charge in [0.1, 0.15) is 0 Å². The minimum absolute atomic E-state index is 0.185. The van der Waals surface area contributed by atoms with Crippen molar-refractivity contribution in [2.24, 2.45) is 0 Å². The molecular weight excluding hydrogens is 348 g/mol. The van der Waals surface area contributed by atoms with Crippen LogP contribution >= 0.6 is 11.6 Å². The van der Waals surface area contributed by atoms with Gasteiger partial charge in [-0.2, -0.15) is 0 Å². The fraction of sp³-hybridized carbons (Fsp3) is 0.0476. The number of anilines is 1. The van der Waals surface area contributed by atoms with Crippen LogP contribution in [0.1, 0.15) is 26.3 Å². The van der Waals surface area contributed by atoms with Crippen molar-refractivity contribution in [1.29, 1.82) is 0 Å². The monoisotopic (exact) mass is 364 g/mol. The third kappa shape index (κ3) is 4.71. The molecule has 3 aromatic carbocycles. The summed E-state index contributed by atoms with van der Waals surface area (Å²) in [7, 11) is 0. The molecule has 0 aliphatic heterocycles. The molecule has 0 unspecified atom stereocenters. The number of nitrogens with one attached hydrogen (secondary N) is 2. The number of benzene rings is 3. The number of hydrogen-bond acceptors (Lipinski definition) is 2. The number of halogens is 1. The molecule has 0 atom stereocenters. The smallest absolute Gasteiger partial charge is 0.255 e. The largest absolute Gasteiger partial charge is 0.348 e. The van der Waals surface area contributed by atoms with Crippen molar-refractivity contribution in [2.75, 3.05) is 5.32 Å². The van der Waals surface area contributed by atoms with E-state index in [2.05, 4.69) is 10.6 Å². The highest BCUT2D eigenvalue weighted by Gasteiger charge is 2.09. The molecule has 26 heavy (non-hydrogen) atoms. The van der Waals surface area contributed by atoms with Crippen LogP contribution in [0, 0.1) is 0 Å². The Bertz CT molecular complexity index is 909. The predicted molar refractivity (Wildman–Crippen MR) is 103 cm³/mol. The predicted octanol–water partition coefficient (Wildman–Crippen LogP) is 4.52.